The molecule has 0 aliphatic carbocycles. The molecule has 0 aliphatic heterocycles. The summed E-state index contributed by atoms with van der Waals surface area (Å²) in [5.41, 5.74) is 7.28. The summed E-state index contributed by atoms with van der Waals surface area (Å²) in [6.07, 6.45) is 3.70. The lowest BCUT2D eigenvalue weighted by atomic mass is 10.0. The third-order valence-corrected chi connectivity index (χ3v) is 4.73. The Morgan fingerprint density at radius 2 is 1.73 bits per heavy atom. The Bertz CT molecular complexity index is 947. The maximum absolute atomic E-state index is 12.0. The van der Waals surface area contributed by atoms with Crippen molar-refractivity contribution in [1.82, 2.24) is 5.43 Å². The van der Waals surface area contributed by atoms with E-state index >= 15 is 0 Å². The number of nitrogens with one attached hydrogen (secondary N) is 2. The van der Waals surface area contributed by atoms with Gasteiger partial charge in [-0.05, 0) is 60.2 Å². The van der Waals surface area contributed by atoms with Gasteiger partial charge in [-0.1, -0.05) is 55.8 Å². The van der Waals surface area contributed by atoms with Crippen molar-refractivity contribution in [2.75, 3.05) is 5.32 Å². The molecule has 0 atom stereocenters. The van der Waals surface area contributed by atoms with Crippen molar-refractivity contribution in [3.8, 4) is 0 Å². The minimum Gasteiger partial charge on any atom is -0.326 e. The molecule has 0 aliphatic rings. The van der Waals surface area contributed by atoms with Gasteiger partial charge in [-0.2, -0.15) is 5.10 Å². The van der Waals surface area contributed by atoms with E-state index in [0.717, 1.165) is 16.7 Å². The molecule has 0 saturated carbocycles. The number of hydrogen-bond acceptors (Lipinski definition) is 3. The molecule has 2 aromatic rings. The Hall–Kier alpha value is -2.92. The predicted octanol–water partition coefficient (Wildman–Crippen LogP) is 5.70. The molecule has 0 unspecified atom stereocenters. The minimum atomic E-state index is -0.316. The molecule has 0 radical (unpaired) electrons. The van der Waals surface area contributed by atoms with E-state index in [-0.39, 0.29) is 24.7 Å². The molecule has 30 heavy (non-hydrogen) atoms. The number of nitrogens with zero attached hydrogens (tertiary/aromatic N) is 1. The number of amides is 2. The maximum Gasteiger partial charge on any atom is 0.240 e. The number of carbonyl (C=O) groups excluding carboxylic acids is 2. The molecule has 5 nitrogen and oxygen atoms in total. The van der Waals surface area contributed by atoms with Crippen LogP contribution in [-0.4, -0.2) is 18.0 Å². The maximum atomic E-state index is 12.0. The molecule has 0 aromatic heterocycles. The van der Waals surface area contributed by atoms with Gasteiger partial charge in [0.2, 0.25) is 11.8 Å². The van der Waals surface area contributed by atoms with Gasteiger partial charge in [0, 0.05) is 23.6 Å². The number of carbonyl (C=O) groups is 2. The molecule has 0 fully saturated rings. The second kappa shape index (κ2) is 11.3. The van der Waals surface area contributed by atoms with Crippen LogP contribution in [0.5, 0.6) is 0 Å². The Kier molecular flexibility index (Phi) is 8.81. The number of anilines is 1. The monoisotopic (exact) mass is 425 g/mol. The van der Waals surface area contributed by atoms with Crippen LogP contribution >= 0.6 is 11.6 Å². The fraction of sp³-hybridized carbons (Fsp3) is 0.292. The van der Waals surface area contributed by atoms with E-state index in [1.54, 1.807) is 24.4 Å². The normalized spacial score (nSPS) is 11.7. The second-order valence-electron chi connectivity index (χ2n) is 7.51. The summed E-state index contributed by atoms with van der Waals surface area (Å²) in [6.45, 7) is 8.09. The predicted molar refractivity (Wildman–Crippen MR) is 125 cm³/mol. The SMILES string of the molecule is CC(C=NNC(=O)CCC(=O)Nc1ccc(Cl)cc1C)=Cc1ccc(C(C)C)cc1. The lowest BCUT2D eigenvalue weighted by Gasteiger charge is -2.08. The molecule has 158 valence electrons. The first-order valence-electron chi connectivity index (χ1n) is 9.90. The summed E-state index contributed by atoms with van der Waals surface area (Å²) in [5, 5.41) is 7.35. The summed E-state index contributed by atoms with van der Waals surface area (Å²) in [7, 11) is 0. The molecule has 2 amide bonds. The standard InChI is InChI=1S/C24H28ClN3O2/c1-16(2)20-7-5-19(6-8-20)13-17(3)15-26-28-24(30)12-11-23(29)27-22-10-9-21(25)14-18(22)4/h5-10,13-16H,11-12H2,1-4H3,(H,27,29)(H,28,30). The summed E-state index contributed by atoms with van der Waals surface area (Å²) in [5.74, 6) is -0.0537. The molecule has 0 spiro atoms. The van der Waals surface area contributed by atoms with Crippen molar-refractivity contribution < 1.29 is 9.59 Å². The number of hydrogen-bond donors (Lipinski definition) is 2. The average Bonchev–Trinajstić information content (AvgIpc) is 2.69. The fourth-order valence-electron chi connectivity index (χ4n) is 2.75. The summed E-state index contributed by atoms with van der Waals surface area (Å²) in [4.78, 5) is 23.9. The van der Waals surface area contributed by atoms with Crippen molar-refractivity contribution in [3.05, 3.63) is 69.8 Å². The Balaban J connectivity index is 1.77. The van der Waals surface area contributed by atoms with E-state index in [9.17, 15) is 9.59 Å². The van der Waals surface area contributed by atoms with Crippen LogP contribution in [0.3, 0.4) is 0 Å². The van der Waals surface area contributed by atoms with Gasteiger partial charge in [-0.25, -0.2) is 5.43 Å². The van der Waals surface area contributed by atoms with Crippen molar-refractivity contribution in [1.29, 1.82) is 0 Å². The van der Waals surface area contributed by atoms with Crippen LogP contribution in [0.2, 0.25) is 5.02 Å². The van der Waals surface area contributed by atoms with E-state index in [0.29, 0.717) is 16.6 Å². The first kappa shape index (κ1) is 23.4. The van der Waals surface area contributed by atoms with E-state index in [2.05, 4.69) is 54.0 Å². The quantitative estimate of drug-likeness (QED) is 0.421. The molecule has 2 aromatic carbocycles. The van der Waals surface area contributed by atoms with Crippen LogP contribution in [0.1, 0.15) is 56.2 Å². The van der Waals surface area contributed by atoms with Gasteiger partial charge in [0.15, 0.2) is 0 Å². The Labute approximate surface area is 183 Å². The van der Waals surface area contributed by atoms with E-state index in [1.807, 2.05) is 19.9 Å². The lowest BCUT2D eigenvalue weighted by Crippen LogP contribution is -2.20. The first-order chi connectivity index (χ1) is 14.2. The van der Waals surface area contributed by atoms with Crippen molar-refractivity contribution in [3.63, 3.8) is 0 Å². The van der Waals surface area contributed by atoms with Crippen molar-refractivity contribution in [2.45, 2.75) is 46.5 Å². The first-order valence-corrected chi connectivity index (χ1v) is 10.3. The van der Waals surface area contributed by atoms with Crippen LogP contribution in [0.15, 0.2) is 53.1 Å². The Morgan fingerprint density at radius 1 is 1.07 bits per heavy atom. The Morgan fingerprint density at radius 3 is 2.37 bits per heavy atom. The van der Waals surface area contributed by atoms with Gasteiger partial charge in [-0.3, -0.25) is 9.59 Å². The highest BCUT2D eigenvalue weighted by molar-refractivity contribution is 6.30. The van der Waals surface area contributed by atoms with E-state index in [1.165, 1.54) is 5.56 Å². The van der Waals surface area contributed by atoms with E-state index in [4.69, 9.17) is 11.6 Å². The van der Waals surface area contributed by atoms with Gasteiger partial charge >= 0.3 is 0 Å². The molecule has 6 heteroatoms. The van der Waals surface area contributed by atoms with Crippen LogP contribution in [-0.2, 0) is 9.59 Å². The second-order valence-corrected chi connectivity index (χ2v) is 7.95. The number of halogens is 1. The van der Waals surface area contributed by atoms with Gasteiger partial charge in [-0.15, -0.1) is 0 Å². The summed E-state index contributed by atoms with van der Waals surface area (Å²) >= 11 is 5.91. The molecular weight excluding hydrogens is 398 g/mol. The minimum absolute atomic E-state index is 0.0508. The zero-order valence-corrected chi connectivity index (χ0v) is 18.6. The topological polar surface area (TPSA) is 70.6 Å². The van der Waals surface area contributed by atoms with E-state index < -0.39 is 0 Å². The highest BCUT2D eigenvalue weighted by atomic mass is 35.5. The summed E-state index contributed by atoms with van der Waals surface area (Å²) in [6, 6.07) is 13.6. The molecule has 0 bridgehead atoms. The molecule has 2 rings (SSSR count). The molecule has 0 saturated heterocycles. The van der Waals surface area contributed by atoms with Crippen LogP contribution in [0.25, 0.3) is 6.08 Å². The zero-order valence-electron chi connectivity index (χ0n) is 17.8. The van der Waals surface area contributed by atoms with Crippen molar-refractivity contribution >= 4 is 41.4 Å². The third-order valence-electron chi connectivity index (χ3n) is 4.50. The van der Waals surface area contributed by atoms with Gasteiger partial charge < -0.3 is 5.32 Å². The van der Waals surface area contributed by atoms with Crippen LogP contribution in [0, 0.1) is 6.92 Å². The number of benzene rings is 2. The highest BCUT2D eigenvalue weighted by Crippen LogP contribution is 2.20. The zero-order chi connectivity index (χ0) is 22.1. The van der Waals surface area contributed by atoms with Gasteiger partial charge in [0.25, 0.3) is 0 Å². The molecule has 2 N–H and O–H groups in total. The molecule has 0 heterocycles. The average molecular weight is 426 g/mol. The fourth-order valence-corrected chi connectivity index (χ4v) is 2.97. The van der Waals surface area contributed by atoms with Crippen LogP contribution in [0.4, 0.5) is 5.69 Å². The number of rotatable bonds is 8. The highest BCUT2D eigenvalue weighted by Gasteiger charge is 2.08. The molecular formula is C24H28ClN3O2. The number of hydrazone groups is 1. The third kappa shape index (κ3) is 7.84. The van der Waals surface area contributed by atoms with Gasteiger partial charge in [0.05, 0.1) is 6.21 Å². The lowest BCUT2D eigenvalue weighted by molar-refractivity contribution is -0.124. The largest absolute Gasteiger partial charge is 0.326 e. The number of aryl methyl sites for hydroxylation is 1. The van der Waals surface area contributed by atoms with Crippen molar-refractivity contribution in [2.24, 2.45) is 5.10 Å². The van der Waals surface area contributed by atoms with Crippen LogP contribution < -0.4 is 10.7 Å². The smallest absolute Gasteiger partial charge is 0.240 e. The van der Waals surface area contributed by atoms with Gasteiger partial charge in [0.1, 0.15) is 0 Å². The summed E-state index contributed by atoms with van der Waals surface area (Å²) < 4.78 is 0. The number of allylic oxidation sites excluding steroid dienone is 1.